The number of benzene rings is 1. The lowest BCUT2D eigenvalue weighted by molar-refractivity contribution is 0.00891. The van der Waals surface area contributed by atoms with E-state index in [0.717, 1.165) is 32.2 Å². The Morgan fingerprint density at radius 2 is 1.85 bits per heavy atom. The van der Waals surface area contributed by atoms with Crippen LogP contribution in [-0.4, -0.2) is 27.8 Å². The second-order valence-electron chi connectivity index (χ2n) is 7.44. The van der Waals surface area contributed by atoms with Crippen molar-refractivity contribution < 1.29 is 4.79 Å². The van der Waals surface area contributed by atoms with E-state index in [4.69, 9.17) is 0 Å². The van der Waals surface area contributed by atoms with Gasteiger partial charge in [-0.15, -0.1) is 0 Å². The molecule has 2 aliphatic rings. The van der Waals surface area contributed by atoms with Crippen LogP contribution in [-0.2, 0) is 6.54 Å². The van der Waals surface area contributed by atoms with Gasteiger partial charge in [-0.25, -0.2) is 0 Å². The first kappa shape index (κ1) is 16.9. The Morgan fingerprint density at radius 3 is 2.54 bits per heavy atom. The number of rotatable bonds is 4. The second-order valence-corrected chi connectivity index (χ2v) is 7.44. The maximum atomic E-state index is 13.0. The van der Waals surface area contributed by atoms with E-state index in [0.29, 0.717) is 23.3 Å². The van der Waals surface area contributed by atoms with Gasteiger partial charge >= 0.3 is 0 Å². The molecule has 2 aromatic rings. The maximum Gasteiger partial charge on any atom is 0.185 e. The monoisotopic (exact) mass is 345 g/mol. The average Bonchev–Trinajstić information content (AvgIpc) is 2.68. The first-order valence-corrected chi connectivity index (χ1v) is 9.45. The van der Waals surface area contributed by atoms with E-state index in [-0.39, 0.29) is 11.7 Å². The zero-order chi connectivity index (χ0) is 17.9. The number of pyridine rings is 1. The Morgan fingerprint density at radius 1 is 1.12 bits per heavy atom. The molecule has 0 spiro atoms. The second kappa shape index (κ2) is 7.39. The van der Waals surface area contributed by atoms with Gasteiger partial charge in [0.25, 0.3) is 0 Å². The Bertz CT molecular complexity index is 813. The highest BCUT2D eigenvalue weighted by Crippen LogP contribution is 2.39. The molecule has 4 nitrogen and oxygen atoms in total. The Hall–Kier alpha value is -2.51. The standard InChI is InChI=1S/C22H23N3O/c23-14-17-8-5-11-24-21(17)22(26)18-12-19-9-4-10-20(13-18)25(19)15-16-6-2-1-3-7-16/h1-3,5-8,11,18-20H,4,9-10,12-13,15H2. The Labute approximate surface area is 154 Å². The number of nitriles is 1. The summed E-state index contributed by atoms with van der Waals surface area (Å²) in [5.74, 6) is 0.0396. The lowest BCUT2D eigenvalue weighted by Crippen LogP contribution is -2.52. The van der Waals surface area contributed by atoms with E-state index in [1.54, 1.807) is 18.3 Å². The third-order valence-corrected chi connectivity index (χ3v) is 5.87. The molecule has 4 heteroatoms. The predicted molar refractivity (Wildman–Crippen MR) is 99.4 cm³/mol. The van der Waals surface area contributed by atoms with Crippen LogP contribution in [0.3, 0.4) is 0 Å². The van der Waals surface area contributed by atoms with Crippen LogP contribution in [0.25, 0.3) is 0 Å². The van der Waals surface area contributed by atoms with Crippen LogP contribution in [0.5, 0.6) is 0 Å². The van der Waals surface area contributed by atoms with Gasteiger partial charge < -0.3 is 0 Å². The number of aromatic nitrogens is 1. The van der Waals surface area contributed by atoms with Crippen LogP contribution in [0.4, 0.5) is 0 Å². The van der Waals surface area contributed by atoms with Gasteiger partial charge in [0.05, 0.1) is 5.56 Å². The topological polar surface area (TPSA) is 57.0 Å². The molecule has 2 fully saturated rings. The fraction of sp³-hybridized carbons (Fsp3) is 0.409. The van der Waals surface area contributed by atoms with Gasteiger partial charge in [0, 0.05) is 30.7 Å². The van der Waals surface area contributed by atoms with Crippen LogP contribution < -0.4 is 0 Å². The first-order valence-electron chi connectivity index (χ1n) is 9.45. The van der Waals surface area contributed by atoms with Crippen LogP contribution >= 0.6 is 0 Å². The lowest BCUT2D eigenvalue weighted by Gasteiger charge is -2.48. The van der Waals surface area contributed by atoms with E-state index < -0.39 is 0 Å². The third-order valence-electron chi connectivity index (χ3n) is 5.87. The number of piperidine rings is 2. The molecule has 2 atom stereocenters. The molecule has 0 N–H and O–H groups in total. The summed E-state index contributed by atoms with van der Waals surface area (Å²) in [4.78, 5) is 19.9. The van der Waals surface area contributed by atoms with E-state index >= 15 is 0 Å². The van der Waals surface area contributed by atoms with Crippen molar-refractivity contribution in [3.63, 3.8) is 0 Å². The average molecular weight is 345 g/mol. The first-order chi connectivity index (χ1) is 12.8. The van der Waals surface area contributed by atoms with Gasteiger partial charge in [-0.2, -0.15) is 5.26 Å². The summed E-state index contributed by atoms with van der Waals surface area (Å²) in [5.41, 5.74) is 2.09. The molecule has 26 heavy (non-hydrogen) atoms. The fourth-order valence-electron chi connectivity index (χ4n) is 4.63. The number of ketones is 1. The molecule has 2 unspecified atom stereocenters. The van der Waals surface area contributed by atoms with Crippen LogP contribution in [0.15, 0.2) is 48.7 Å². The van der Waals surface area contributed by atoms with Crippen molar-refractivity contribution >= 4 is 5.78 Å². The fourth-order valence-corrected chi connectivity index (χ4v) is 4.63. The smallest absolute Gasteiger partial charge is 0.185 e. The van der Waals surface area contributed by atoms with Gasteiger partial charge in [0.15, 0.2) is 5.78 Å². The summed E-state index contributed by atoms with van der Waals surface area (Å²) < 4.78 is 0. The number of Topliss-reactive ketones (excluding diaryl/α,β-unsaturated/α-hetero) is 1. The van der Waals surface area contributed by atoms with Gasteiger partial charge in [-0.3, -0.25) is 14.7 Å². The molecule has 3 heterocycles. The number of carbonyl (C=O) groups is 1. The SMILES string of the molecule is N#Cc1cccnc1C(=O)C1CC2CCCC(C1)N2Cc1ccccc1. The van der Waals surface area contributed by atoms with Crippen LogP contribution in [0, 0.1) is 17.2 Å². The number of carbonyl (C=O) groups excluding carboxylic acids is 1. The Kier molecular flexibility index (Phi) is 4.81. The molecule has 2 saturated heterocycles. The summed E-state index contributed by atoms with van der Waals surface area (Å²) in [6, 6.07) is 17.0. The molecule has 1 aromatic carbocycles. The largest absolute Gasteiger partial charge is 0.293 e. The molecule has 0 radical (unpaired) electrons. The highest BCUT2D eigenvalue weighted by molar-refractivity contribution is 5.98. The quantitative estimate of drug-likeness (QED) is 0.787. The predicted octanol–water partition coefficient (Wildman–Crippen LogP) is 3.97. The minimum Gasteiger partial charge on any atom is -0.293 e. The van der Waals surface area contributed by atoms with Crippen molar-refractivity contribution in [2.75, 3.05) is 0 Å². The molecule has 2 aliphatic heterocycles. The maximum absolute atomic E-state index is 13.0. The highest BCUT2D eigenvalue weighted by Gasteiger charge is 2.41. The van der Waals surface area contributed by atoms with Gasteiger partial charge in [0.1, 0.15) is 11.8 Å². The van der Waals surface area contributed by atoms with Gasteiger partial charge in [-0.1, -0.05) is 36.8 Å². The summed E-state index contributed by atoms with van der Waals surface area (Å²) in [6.07, 6.45) is 6.92. The molecule has 0 aliphatic carbocycles. The summed E-state index contributed by atoms with van der Waals surface area (Å²) in [6.45, 7) is 0.962. The normalized spacial score (nSPS) is 25.4. The van der Waals surface area contributed by atoms with Crippen molar-refractivity contribution in [1.82, 2.24) is 9.88 Å². The molecule has 0 saturated carbocycles. The molecule has 4 rings (SSSR count). The minimum absolute atomic E-state index is 0.0145. The van der Waals surface area contributed by atoms with Crippen LogP contribution in [0.2, 0.25) is 0 Å². The van der Waals surface area contributed by atoms with Crippen molar-refractivity contribution in [1.29, 1.82) is 5.26 Å². The molecular formula is C22H23N3O. The number of hydrogen-bond acceptors (Lipinski definition) is 4. The Balaban J connectivity index is 1.53. The molecule has 132 valence electrons. The van der Waals surface area contributed by atoms with E-state index in [1.165, 1.54) is 12.0 Å². The summed E-state index contributed by atoms with van der Waals surface area (Å²) in [7, 11) is 0. The van der Waals surface area contributed by atoms with Gasteiger partial charge in [-0.05, 0) is 43.4 Å². The van der Waals surface area contributed by atoms with Crippen LogP contribution in [0.1, 0.15) is 53.7 Å². The third kappa shape index (κ3) is 3.27. The van der Waals surface area contributed by atoms with Crippen molar-refractivity contribution in [3.8, 4) is 6.07 Å². The van der Waals surface area contributed by atoms with Crippen molar-refractivity contribution in [3.05, 3.63) is 65.5 Å². The van der Waals surface area contributed by atoms with E-state index in [1.807, 2.05) is 0 Å². The van der Waals surface area contributed by atoms with E-state index in [2.05, 4.69) is 46.3 Å². The lowest BCUT2D eigenvalue weighted by atomic mass is 9.75. The van der Waals surface area contributed by atoms with Crippen molar-refractivity contribution in [2.45, 2.75) is 50.7 Å². The zero-order valence-electron chi connectivity index (χ0n) is 14.8. The number of nitrogens with zero attached hydrogens (tertiary/aromatic N) is 3. The molecular weight excluding hydrogens is 322 g/mol. The highest BCUT2D eigenvalue weighted by atomic mass is 16.1. The van der Waals surface area contributed by atoms with E-state index in [9.17, 15) is 10.1 Å². The van der Waals surface area contributed by atoms with Gasteiger partial charge in [0.2, 0.25) is 0 Å². The number of hydrogen-bond donors (Lipinski definition) is 0. The summed E-state index contributed by atoms with van der Waals surface area (Å²) in [5, 5.41) is 9.28. The molecule has 2 bridgehead atoms. The van der Waals surface area contributed by atoms with Crippen molar-refractivity contribution in [2.24, 2.45) is 5.92 Å². The molecule has 1 aromatic heterocycles. The molecule has 0 amide bonds. The number of fused-ring (bicyclic) bond motifs is 2. The minimum atomic E-state index is -0.0145. The zero-order valence-corrected chi connectivity index (χ0v) is 14.8. The summed E-state index contributed by atoms with van der Waals surface area (Å²) >= 11 is 0.